The summed E-state index contributed by atoms with van der Waals surface area (Å²) in [5.74, 6) is -1.56. The summed E-state index contributed by atoms with van der Waals surface area (Å²) in [7, 11) is 0. The van der Waals surface area contributed by atoms with Gasteiger partial charge < -0.3 is 10.3 Å². The molecule has 4 rings (SSSR count). The number of hydrogen-bond donors (Lipinski definition) is 2. The molecule has 1 amide bonds. The van der Waals surface area contributed by atoms with Crippen LogP contribution in [-0.4, -0.2) is 17.1 Å². The van der Waals surface area contributed by atoms with Gasteiger partial charge in [0.1, 0.15) is 5.82 Å². The van der Waals surface area contributed by atoms with Crippen LogP contribution in [0.15, 0.2) is 48.5 Å². The first-order valence-electron chi connectivity index (χ1n) is 6.85. The molecule has 1 aliphatic heterocycles. The van der Waals surface area contributed by atoms with Gasteiger partial charge in [-0.25, -0.2) is 0 Å². The van der Waals surface area contributed by atoms with Crippen molar-refractivity contribution < 1.29 is 18.0 Å². The van der Waals surface area contributed by atoms with E-state index in [0.717, 1.165) is 4.90 Å². The number of benzene rings is 2. The minimum atomic E-state index is -4.97. The van der Waals surface area contributed by atoms with Crippen LogP contribution in [0.5, 0.6) is 0 Å². The number of carbonyl (C=O) groups excluding carboxylic acids is 1. The summed E-state index contributed by atoms with van der Waals surface area (Å²) in [5.41, 5.74) is 1.44. The molecule has 0 atom stereocenters. The van der Waals surface area contributed by atoms with E-state index in [1.54, 1.807) is 42.5 Å². The van der Waals surface area contributed by atoms with E-state index in [0.29, 0.717) is 22.4 Å². The Labute approximate surface area is 128 Å². The molecule has 0 saturated heterocycles. The number of H-pyrrole nitrogens is 1. The Bertz CT molecular complexity index is 930. The molecule has 0 spiro atoms. The standard InChI is InChI=1S/C16H10F3N3O/c17-16(18,19)15(23)22-12-8-4-3-7-11(12)21-14-13(22)9-5-1-2-6-10(9)20-14/h1-8,20-21H. The normalized spacial score (nSPS) is 13.4. The zero-order valence-corrected chi connectivity index (χ0v) is 11.6. The Hall–Kier alpha value is -2.96. The number of nitrogens with one attached hydrogen (secondary N) is 2. The minimum Gasteiger partial charge on any atom is -0.339 e. The first-order chi connectivity index (χ1) is 11.0. The second kappa shape index (κ2) is 4.52. The van der Waals surface area contributed by atoms with Crippen molar-refractivity contribution in [3.05, 3.63) is 48.5 Å². The van der Waals surface area contributed by atoms with Gasteiger partial charge in [-0.05, 0) is 18.2 Å². The first kappa shape index (κ1) is 13.7. The zero-order chi connectivity index (χ0) is 16.2. The molecule has 1 aromatic heterocycles. The van der Waals surface area contributed by atoms with Gasteiger partial charge >= 0.3 is 12.1 Å². The van der Waals surface area contributed by atoms with Crippen LogP contribution in [0, 0.1) is 0 Å². The Morgan fingerprint density at radius 1 is 1.00 bits per heavy atom. The summed E-state index contributed by atoms with van der Waals surface area (Å²) in [4.78, 5) is 15.8. The topological polar surface area (TPSA) is 48.1 Å². The van der Waals surface area contributed by atoms with E-state index in [2.05, 4.69) is 10.3 Å². The Morgan fingerprint density at radius 3 is 2.48 bits per heavy atom. The molecule has 3 aromatic rings. The van der Waals surface area contributed by atoms with E-state index in [9.17, 15) is 18.0 Å². The molecular formula is C16H10F3N3O. The van der Waals surface area contributed by atoms with Crippen LogP contribution in [0.4, 0.5) is 36.1 Å². The number of alkyl halides is 3. The van der Waals surface area contributed by atoms with E-state index < -0.39 is 12.1 Å². The summed E-state index contributed by atoms with van der Waals surface area (Å²) in [6, 6.07) is 13.3. The number of carbonyl (C=O) groups is 1. The lowest BCUT2D eigenvalue weighted by Crippen LogP contribution is -2.39. The summed E-state index contributed by atoms with van der Waals surface area (Å²) >= 11 is 0. The van der Waals surface area contributed by atoms with Gasteiger partial charge in [-0.3, -0.25) is 9.69 Å². The van der Waals surface area contributed by atoms with Crippen LogP contribution in [0.25, 0.3) is 10.9 Å². The third kappa shape index (κ3) is 1.97. The highest BCUT2D eigenvalue weighted by atomic mass is 19.4. The largest absolute Gasteiger partial charge is 0.472 e. The van der Waals surface area contributed by atoms with Gasteiger partial charge in [0.2, 0.25) is 0 Å². The molecule has 2 heterocycles. The van der Waals surface area contributed by atoms with Crippen LogP contribution >= 0.6 is 0 Å². The number of amides is 1. The first-order valence-corrected chi connectivity index (χ1v) is 6.85. The lowest BCUT2D eigenvalue weighted by Gasteiger charge is -2.30. The van der Waals surface area contributed by atoms with Gasteiger partial charge in [0, 0.05) is 10.9 Å². The third-order valence-corrected chi connectivity index (χ3v) is 3.75. The van der Waals surface area contributed by atoms with E-state index in [4.69, 9.17) is 0 Å². The molecule has 0 unspecified atom stereocenters. The number of fused-ring (bicyclic) bond motifs is 4. The maximum atomic E-state index is 13.1. The Balaban J connectivity index is 2.02. The monoisotopic (exact) mass is 317 g/mol. The maximum absolute atomic E-state index is 13.1. The number of halogens is 3. The number of rotatable bonds is 0. The molecule has 0 saturated carbocycles. The van der Waals surface area contributed by atoms with Crippen molar-refractivity contribution in [2.75, 3.05) is 10.2 Å². The van der Waals surface area contributed by atoms with Crippen molar-refractivity contribution >= 4 is 39.7 Å². The highest BCUT2D eigenvalue weighted by molar-refractivity contribution is 6.17. The van der Waals surface area contributed by atoms with Gasteiger partial charge in [0.25, 0.3) is 0 Å². The van der Waals surface area contributed by atoms with Gasteiger partial charge in [-0.15, -0.1) is 0 Å². The fourth-order valence-electron chi connectivity index (χ4n) is 2.82. The van der Waals surface area contributed by atoms with E-state index in [1.165, 1.54) is 6.07 Å². The number of aromatic nitrogens is 1. The number of nitrogens with zero attached hydrogens (tertiary/aromatic N) is 1. The average molecular weight is 317 g/mol. The highest BCUT2D eigenvalue weighted by Gasteiger charge is 2.46. The van der Waals surface area contributed by atoms with Gasteiger partial charge in [-0.1, -0.05) is 30.3 Å². The molecule has 0 radical (unpaired) electrons. The SMILES string of the molecule is O=C(N1c2ccccc2Nc2[nH]c3ccccc3c21)C(F)(F)F. The summed E-state index contributed by atoms with van der Waals surface area (Å²) in [6.07, 6.45) is -4.97. The van der Waals surface area contributed by atoms with Crippen molar-refractivity contribution in [1.29, 1.82) is 0 Å². The van der Waals surface area contributed by atoms with Crippen molar-refractivity contribution in [1.82, 2.24) is 4.98 Å². The molecule has 0 aliphatic carbocycles. The van der Waals surface area contributed by atoms with Crippen molar-refractivity contribution in [3.63, 3.8) is 0 Å². The smallest absolute Gasteiger partial charge is 0.339 e. The molecule has 23 heavy (non-hydrogen) atoms. The van der Waals surface area contributed by atoms with Crippen LogP contribution in [0.2, 0.25) is 0 Å². The molecule has 4 nitrogen and oxygen atoms in total. The molecule has 2 aromatic carbocycles. The summed E-state index contributed by atoms with van der Waals surface area (Å²) in [5, 5.41) is 3.59. The van der Waals surface area contributed by atoms with Crippen LogP contribution in [0.3, 0.4) is 0 Å². The molecule has 2 N–H and O–H groups in total. The second-order valence-corrected chi connectivity index (χ2v) is 5.17. The number of anilines is 4. The molecule has 116 valence electrons. The number of para-hydroxylation sites is 3. The van der Waals surface area contributed by atoms with E-state index in [1.807, 2.05) is 0 Å². The second-order valence-electron chi connectivity index (χ2n) is 5.17. The minimum absolute atomic E-state index is 0.173. The average Bonchev–Trinajstić information content (AvgIpc) is 2.89. The van der Waals surface area contributed by atoms with Gasteiger partial charge in [0.05, 0.1) is 17.1 Å². The molecule has 1 aliphatic rings. The third-order valence-electron chi connectivity index (χ3n) is 3.75. The number of aromatic amines is 1. The Morgan fingerprint density at radius 2 is 1.70 bits per heavy atom. The quantitative estimate of drug-likeness (QED) is 0.643. The van der Waals surface area contributed by atoms with Crippen molar-refractivity contribution in [2.45, 2.75) is 6.18 Å². The predicted octanol–water partition coefficient (Wildman–Crippen LogP) is 4.45. The maximum Gasteiger partial charge on any atom is 0.472 e. The lowest BCUT2D eigenvalue weighted by atomic mass is 10.1. The number of hydrogen-bond acceptors (Lipinski definition) is 2. The molecule has 7 heteroatoms. The molecular weight excluding hydrogens is 307 g/mol. The van der Waals surface area contributed by atoms with Crippen LogP contribution in [-0.2, 0) is 4.79 Å². The van der Waals surface area contributed by atoms with Crippen LogP contribution < -0.4 is 10.2 Å². The van der Waals surface area contributed by atoms with E-state index >= 15 is 0 Å². The Kier molecular flexibility index (Phi) is 2.69. The molecule has 0 fully saturated rings. The van der Waals surface area contributed by atoms with Gasteiger partial charge in [-0.2, -0.15) is 13.2 Å². The van der Waals surface area contributed by atoms with Crippen molar-refractivity contribution in [3.8, 4) is 0 Å². The zero-order valence-electron chi connectivity index (χ0n) is 11.6. The van der Waals surface area contributed by atoms with Crippen molar-refractivity contribution in [2.24, 2.45) is 0 Å². The van der Waals surface area contributed by atoms with E-state index in [-0.39, 0.29) is 11.4 Å². The highest BCUT2D eigenvalue weighted by Crippen LogP contribution is 2.48. The molecule has 0 bridgehead atoms. The van der Waals surface area contributed by atoms with Crippen LogP contribution in [0.1, 0.15) is 0 Å². The van der Waals surface area contributed by atoms with Gasteiger partial charge in [0.15, 0.2) is 0 Å². The summed E-state index contributed by atoms with van der Waals surface area (Å²) < 4.78 is 39.3. The fourth-order valence-corrected chi connectivity index (χ4v) is 2.82. The predicted molar refractivity (Wildman–Crippen MR) is 81.2 cm³/mol. The summed E-state index contributed by atoms with van der Waals surface area (Å²) in [6.45, 7) is 0. The fraction of sp³-hybridized carbons (Fsp3) is 0.0625. The lowest BCUT2D eigenvalue weighted by molar-refractivity contribution is -0.169.